The van der Waals surface area contributed by atoms with Crippen LogP contribution in [0.2, 0.25) is 0 Å². The maximum Gasteiger partial charge on any atom is 0.254 e. The molecule has 0 aromatic heterocycles. The molecule has 6 nitrogen and oxygen atoms in total. The Hall–Kier alpha value is -3.20. The molecule has 0 radical (unpaired) electrons. The van der Waals surface area contributed by atoms with Gasteiger partial charge in [-0.05, 0) is 62.5 Å². The summed E-state index contributed by atoms with van der Waals surface area (Å²) in [5.74, 6) is -0.433. The second kappa shape index (κ2) is 7.94. The van der Waals surface area contributed by atoms with Crippen molar-refractivity contribution in [1.82, 2.24) is 5.01 Å². The Morgan fingerprint density at radius 1 is 0.824 bits per heavy atom. The number of hydrogen-bond acceptors (Lipinski definition) is 5. The highest BCUT2D eigenvalue weighted by atomic mass is 127. The van der Waals surface area contributed by atoms with Crippen molar-refractivity contribution in [2.45, 2.75) is 11.8 Å². The fourth-order valence-corrected chi connectivity index (χ4v) is 6.76. The highest BCUT2D eigenvalue weighted by molar-refractivity contribution is 14.1. The monoisotopic (exact) mass is 564 g/mol. The molecule has 7 rings (SSSR count). The van der Waals surface area contributed by atoms with Gasteiger partial charge in [-0.3, -0.25) is 9.59 Å². The third kappa shape index (κ3) is 2.89. The first-order valence-corrected chi connectivity index (χ1v) is 12.1. The molecule has 7 heteroatoms. The van der Waals surface area contributed by atoms with Gasteiger partial charge >= 0.3 is 0 Å². The van der Waals surface area contributed by atoms with Crippen LogP contribution in [0.15, 0.2) is 65.8 Å². The number of halogens is 1. The second-order valence-electron chi connectivity index (χ2n) is 8.74. The van der Waals surface area contributed by atoms with Crippen molar-refractivity contribution in [3.05, 3.63) is 92.1 Å². The van der Waals surface area contributed by atoms with Crippen molar-refractivity contribution in [2.24, 2.45) is 16.9 Å². The van der Waals surface area contributed by atoms with Crippen molar-refractivity contribution in [3.63, 3.8) is 0 Å². The van der Waals surface area contributed by atoms with Crippen molar-refractivity contribution >= 4 is 40.6 Å². The van der Waals surface area contributed by atoms with E-state index < -0.39 is 11.8 Å². The number of benzene rings is 3. The summed E-state index contributed by atoms with van der Waals surface area (Å²) in [6, 6.07) is 20.0. The highest BCUT2D eigenvalue weighted by Crippen LogP contribution is 2.60. The van der Waals surface area contributed by atoms with E-state index in [0.29, 0.717) is 17.1 Å². The quantitative estimate of drug-likeness (QED) is 0.265. The third-order valence-electron chi connectivity index (χ3n) is 7.20. The van der Waals surface area contributed by atoms with Gasteiger partial charge in [-0.25, -0.2) is 0 Å². The lowest BCUT2D eigenvalue weighted by molar-refractivity contribution is -0.139. The molecule has 2 atom stereocenters. The van der Waals surface area contributed by atoms with Gasteiger partial charge in [-0.15, -0.1) is 0 Å². The van der Waals surface area contributed by atoms with Crippen LogP contribution >= 0.6 is 22.6 Å². The van der Waals surface area contributed by atoms with Gasteiger partial charge in [0.1, 0.15) is 0 Å². The van der Waals surface area contributed by atoms with E-state index in [9.17, 15) is 9.59 Å². The zero-order chi connectivity index (χ0) is 23.6. The molecule has 2 bridgehead atoms. The number of nitrogens with zero attached hydrogens (tertiary/aromatic N) is 2. The Morgan fingerprint density at radius 2 is 1.32 bits per heavy atom. The summed E-state index contributed by atoms with van der Waals surface area (Å²) < 4.78 is 11.7. The standard InChI is InChI=1S/C27H21IN2O4/c1-33-20-12-14(11-19(28)25(20)34-2)13-29-30-26(31)23-21-15-7-3-4-8-16(15)22(24(23)27(30)32)18-10-6-5-9-17(18)21/h3-13,21-24H,1-2H3/b29-13-/t21?,22?,23-,24+. The van der Waals surface area contributed by atoms with E-state index in [4.69, 9.17) is 9.47 Å². The summed E-state index contributed by atoms with van der Waals surface area (Å²) in [6.07, 6.45) is 1.54. The fourth-order valence-electron chi connectivity index (χ4n) is 5.91. The van der Waals surface area contributed by atoms with Gasteiger partial charge < -0.3 is 9.47 Å². The first kappa shape index (κ1) is 21.3. The summed E-state index contributed by atoms with van der Waals surface area (Å²) in [6.45, 7) is 0. The molecule has 3 aromatic rings. The number of imide groups is 1. The van der Waals surface area contributed by atoms with Gasteiger partial charge in [0, 0.05) is 11.8 Å². The van der Waals surface area contributed by atoms with E-state index in [-0.39, 0.29) is 23.7 Å². The molecule has 3 aromatic carbocycles. The van der Waals surface area contributed by atoms with Crippen LogP contribution in [0.1, 0.15) is 39.7 Å². The molecule has 1 heterocycles. The smallest absolute Gasteiger partial charge is 0.254 e. The fraction of sp³-hybridized carbons (Fsp3) is 0.222. The molecular formula is C27H21IN2O4. The number of hydrazone groups is 1. The lowest BCUT2D eigenvalue weighted by Crippen LogP contribution is -2.41. The van der Waals surface area contributed by atoms with Gasteiger partial charge in [-0.2, -0.15) is 10.1 Å². The van der Waals surface area contributed by atoms with Crippen molar-refractivity contribution < 1.29 is 19.1 Å². The largest absolute Gasteiger partial charge is 0.493 e. The predicted octanol–water partition coefficient (Wildman–Crippen LogP) is 4.53. The summed E-state index contributed by atoms with van der Waals surface area (Å²) in [4.78, 5) is 27.2. The highest BCUT2D eigenvalue weighted by Gasteiger charge is 2.61. The van der Waals surface area contributed by atoms with Crippen LogP contribution in [-0.2, 0) is 9.59 Å². The third-order valence-corrected chi connectivity index (χ3v) is 8.00. The molecule has 0 N–H and O–H groups in total. The first-order chi connectivity index (χ1) is 16.5. The number of amides is 2. The van der Waals surface area contributed by atoms with Crippen LogP contribution in [-0.4, -0.2) is 37.3 Å². The van der Waals surface area contributed by atoms with E-state index in [2.05, 4.69) is 52.0 Å². The molecule has 0 spiro atoms. The van der Waals surface area contributed by atoms with Crippen molar-refractivity contribution in [3.8, 4) is 11.5 Å². The van der Waals surface area contributed by atoms with Gasteiger partial charge in [0.25, 0.3) is 11.8 Å². The van der Waals surface area contributed by atoms with Crippen LogP contribution in [0.25, 0.3) is 0 Å². The topological polar surface area (TPSA) is 68.2 Å². The number of rotatable bonds is 4. The maximum atomic E-state index is 13.6. The Kier molecular flexibility index (Phi) is 4.98. The molecule has 1 aliphatic heterocycles. The zero-order valence-electron chi connectivity index (χ0n) is 18.6. The minimum atomic E-state index is -0.440. The Morgan fingerprint density at radius 3 is 1.76 bits per heavy atom. The number of carbonyl (C=O) groups is 2. The number of hydrogen-bond donors (Lipinski definition) is 0. The summed E-state index contributed by atoms with van der Waals surface area (Å²) in [7, 11) is 3.15. The molecule has 1 saturated heterocycles. The van der Waals surface area contributed by atoms with E-state index in [1.54, 1.807) is 26.5 Å². The van der Waals surface area contributed by atoms with Crippen molar-refractivity contribution in [2.75, 3.05) is 14.2 Å². The van der Waals surface area contributed by atoms with Crippen LogP contribution in [0.3, 0.4) is 0 Å². The van der Waals surface area contributed by atoms with Crippen molar-refractivity contribution in [1.29, 1.82) is 0 Å². The minimum Gasteiger partial charge on any atom is -0.493 e. The maximum absolute atomic E-state index is 13.6. The summed E-state index contributed by atoms with van der Waals surface area (Å²) >= 11 is 2.16. The van der Waals surface area contributed by atoms with Gasteiger partial charge in [0.15, 0.2) is 11.5 Å². The Labute approximate surface area is 210 Å². The van der Waals surface area contributed by atoms with Crippen LogP contribution in [0, 0.1) is 15.4 Å². The number of ether oxygens (including phenoxy) is 2. The van der Waals surface area contributed by atoms with Crippen LogP contribution < -0.4 is 9.47 Å². The first-order valence-electron chi connectivity index (χ1n) is 11.1. The molecule has 34 heavy (non-hydrogen) atoms. The molecule has 0 unspecified atom stereocenters. The van der Waals surface area contributed by atoms with Crippen LogP contribution in [0.4, 0.5) is 0 Å². The average molecular weight is 564 g/mol. The summed E-state index contributed by atoms with van der Waals surface area (Å²) in [5.41, 5.74) is 5.30. The lowest BCUT2D eigenvalue weighted by atomic mass is 9.55. The molecule has 170 valence electrons. The van der Waals surface area contributed by atoms with Crippen LogP contribution in [0.5, 0.6) is 11.5 Å². The average Bonchev–Trinajstić information content (AvgIpc) is 3.12. The number of methoxy groups -OCH3 is 2. The second-order valence-corrected chi connectivity index (χ2v) is 9.90. The van der Waals surface area contributed by atoms with E-state index in [1.807, 2.05) is 30.3 Å². The zero-order valence-corrected chi connectivity index (χ0v) is 20.7. The molecule has 2 amide bonds. The Bertz CT molecular complexity index is 1270. The normalized spacial score (nSPS) is 24.3. The molecule has 1 fully saturated rings. The molecule has 4 aliphatic rings. The molecule has 3 aliphatic carbocycles. The Balaban J connectivity index is 1.40. The minimum absolute atomic E-state index is 0.138. The SMILES string of the molecule is COc1cc(/C=N\N2C(=O)[C@@H]3C4c5ccccc5C(c5ccccc54)[C@@H]3C2=O)cc(I)c1OC. The molecule has 0 saturated carbocycles. The number of carbonyl (C=O) groups excluding carboxylic acids is 2. The van der Waals surface area contributed by atoms with Gasteiger partial charge in [0.05, 0.1) is 35.8 Å². The van der Waals surface area contributed by atoms with Gasteiger partial charge in [-0.1, -0.05) is 48.5 Å². The molecular weight excluding hydrogens is 543 g/mol. The van der Waals surface area contributed by atoms with Gasteiger partial charge in [0.2, 0.25) is 0 Å². The van der Waals surface area contributed by atoms with E-state index >= 15 is 0 Å². The predicted molar refractivity (Wildman–Crippen MR) is 135 cm³/mol. The van der Waals surface area contributed by atoms with E-state index in [0.717, 1.165) is 30.8 Å². The summed E-state index contributed by atoms with van der Waals surface area (Å²) in [5, 5.41) is 5.46. The van der Waals surface area contributed by atoms with E-state index in [1.165, 1.54) is 0 Å². The lowest BCUT2D eigenvalue weighted by Gasteiger charge is -2.45.